The summed E-state index contributed by atoms with van der Waals surface area (Å²) in [6.07, 6.45) is 2.47. The zero-order valence-electron chi connectivity index (χ0n) is 22.2. The highest BCUT2D eigenvalue weighted by atomic mass is 32.2. The molecule has 0 saturated carbocycles. The van der Waals surface area contributed by atoms with Crippen molar-refractivity contribution in [2.75, 3.05) is 62.6 Å². The lowest BCUT2D eigenvalue weighted by atomic mass is 9.97. The number of rotatable bonds is 1. The summed E-state index contributed by atoms with van der Waals surface area (Å²) in [6.45, 7) is 3.07. The van der Waals surface area contributed by atoms with Crippen molar-refractivity contribution < 1.29 is 22.7 Å². The van der Waals surface area contributed by atoms with Crippen LogP contribution in [-0.4, -0.2) is 90.1 Å². The van der Waals surface area contributed by atoms with E-state index >= 15 is 0 Å². The maximum Gasteiger partial charge on any atom is 0.249 e. The van der Waals surface area contributed by atoms with Gasteiger partial charge in [-0.25, -0.2) is 22.1 Å². The number of aliphatic hydroxyl groups excluding tert-OH is 1. The molecule has 2 fully saturated rings. The molecule has 2 bridgehead atoms. The zero-order chi connectivity index (χ0) is 27.3. The Labute approximate surface area is 227 Å². The van der Waals surface area contributed by atoms with E-state index in [-0.39, 0.29) is 23.9 Å². The van der Waals surface area contributed by atoms with E-state index in [4.69, 9.17) is 14.8 Å². The van der Waals surface area contributed by atoms with Crippen molar-refractivity contribution in [3.05, 3.63) is 47.4 Å². The van der Waals surface area contributed by atoms with Crippen molar-refractivity contribution in [3.63, 3.8) is 0 Å². The third-order valence-electron chi connectivity index (χ3n) is 8.02. The number of fused-ring (bicyclic) bond motifs is 4. The Morgan fingerprint density at radius 2 is 1.85 bits per heavy atom. The van der Waals surface area contributed by atoms with E-state index in [2.05, 4.69) is 4.90 Å². The third kappa shape index (κ3) is 4.92. The van der Waals surface area contributed by atoms with Crippen LogP contribution in [0.3, 0.4) is 0 Å². The van der Waals surface area contributed by atoms with Gasteiger partial charge < -0.3 is 19.6 Å². The molecule has 0 amide bonds. The van der Waals surface area contributed by atoms with Gasteiger partial charge in [-0.2, -0.15) is 9.61 Å². The van der Waals surface area contributed by atoms with Gasteiger partial charge in [0.2, 0.25) is 16.0 Å². The van der Waals surface area contributed by atoms with Gasteiger partial charge in [-0.05, 0) is 37.5 Å². The second kappa shape index (κ2) is 10.2. The zero-order valence-corrected chi connectivity index (χ0v) is 23.0. The van der Waals surface area contributed by atoms with Crippen LogP contribution in [0.1, 0.15) is 49.2 Å². The predicted octanol–water partition coefficient (Wildman–Crippen LogP) is 2.34. The van der Waals surface area contributed by atoms with Crippen molar-refractivity contribution in [2.24, 2.45) is 0 Å². The molecule has 3 aliphatic heterocycles. The summed E-state index contributed by atoms with van der Waals surface area (Å²) >= 11 is 0. The van der Waals surface area contributed by atoms with Crippen LogP contribution in [0.15, 0.2) is 30.3 Å². The summed E-state index contributed by atoms with van der Waals surface area (Å²) in [5.74, 6) is 0.632. The molecule has 5 heterocycles. The Balaban J connectivity index is 1.49. The second-order valence-corrected chi connectivity index (χ2v) is 12.6. The molecular weight excluding hydrogens is 525 g/mol. The van der Waals surface area contributed by atoms with Crippen LogP contribution in [0.25, 0.3) is 5.65 Å². The maximum atomic E-state index is 14.4. The fourth-order valence-electron chi connectivity index (χ4n) is 5.47. The average molecular weight is 560 g/mol. The molecule has 3 aliphatic rings. The molecule has 39 heavy (non-hydrogen) atoms. The molecule has 0 radical (unpaired) electrons. The van der Waals surface area contributed by atoms with E-state index in [0.29, 0.717) is 18.7 Å². The van der Waals surface area contributed by atoms with Gasteiger partial charge in [-0.3, -0.25) is 4.90 Å². The fraction of sp³-hybridized carbons (Fsp3) is 0.538. The first-order chi connectivity index (χ1) is 18.7. The molecule has 13 heteroatoms. The number of sulfonamides is 1. The molecule has 1 aromatic carbocycles. The Morgan fingerprint density at radius 1 is 1.03 bits per heavy atom. The number of aromatic nitrogens is 3. The molecule has 11 nitrogen and oxygen atoms in total. The van der Waals surface area contributed by atoms with Crippen LogP contribution in [-0.2, 0) is 10.0 Å². The fourth-order valence-corrected chi connectivity index (χ4v) is 6.29. The number of benzene rings is 1. The SMILES string of the molecule is CN1CCN(C)S(=O)(=O)COc2ccc(F)cc2C(O)N2CCCC[C@H]2c2cc3nc(N4CCC4)cc1n3n2. The highest BCUT2D eigenvalue weighted by Crippen LogP contribution is 2.39. The van der Waals surface area contributed by atoms with E-state index in [0.717, 1.165) is 56.1 Å². The summed E-state index contributed by atoms with van der Waals surface area (Å²) in [5.41, 5.74) is 1.66. The molecule has 2 saturated heterocycles. The van der Waals surface area contributed by atoms with E-state index in [1.807, 2.05) is 29.0 Å². The van der Waals surface area contributed by atoms with Gasteiger partial charge in [0.15, 0.2) is 5.65 Å². The minimum Gasteiger partial charge on any atom is -0.476 e. The first-order valence-corrected chi connectivity index (χ1v) is 15.0. The normalized spacial score (nSPS) is 24.7. The maximum absolute atomic E-state index is 14.4. The number of anilines is 2. The highest BCUT2D eigenvalue weighted by Gasteiger charge is 2.34. The first-order valence-electron chi connectivity index (χ1n) is 13.4. The summed E-state index contributed by atoms with van der Waals surface area (Å²) in [6, 6.07) is 7.51. The van der Waals surface area contributed by atoms with Crippen LogP contribution in [0.4, 0.5) is 16.0 Å². The number of ether oxygens (including phenoxy) is 1. The van der Waals surface area contributed by atoms with E-state index < -0.39 is 28.0 Å². The monoisotopic (exact) mass is 559 g/mol. The minimum absolute atomic E-state index is 0.132. The largest absolute Gasteiger partial charge is 0.476 e. The number of piperidine rings is 1. The van der Waals surface area contributed by atoms with Crippen LogP contribution in [0.5, 0.6) is 5.75 Å². The summed E-state index contributed by atoms with van der Waals surface area (Å²) < 4.78 is 49.3. The summed E-state index contributed by atoms with van der Waals surface area (Å²) in [5, 5.41) is 16.5. The number of likely N-dealkylation sites (N-methyl/N-ethyl adjacent to an activating group) is 2. The Hall–Kier alpha value is -3.00. The van der Waals surface area contributed by atoms with Crippen LogP contribution >= 0.6 is 0 Å². The first kappa shape index (κ1) is 26.2. The molecule has 0 spiro atoms. The average Bonchev–Trinajstić information content (AvgIpc) is 3.32. The van der Waals surface area contributed by atoms with Gasteiger partial charge >= 0.3 is 0 Å². The smallest absolute Gasteiger partial charge is 0.249 e. The van der Waals surface area contributed by atoms with Gasteiger partial charge in [0.1, 0.15) is 29.4 Å². The lowest BCUT2D eigenvalue weighted by molar-refractivity contribution is -0.0469. The number of aliphatic hydroxyl groups is 1. The molecule has 6 rings (SSSR count). The van der Waals surface area contributed by atoms with Crippen LogP contribution < -0.4 is 14.5 Å². The van der Waals surface area contributed by atoms with Crippen molar-refractivity contribution in [1.82, 2.24) is 23.8 Å². The van der Waals surface area contributed by atoms with E-state index in [9.17, 15) is 17.9 Å². The molecular formula is C26H34FN7O4S. The Morgan fingerprint density at radius 3 is 2.62 bits per heavy atom. The van der Waals surface area contributed by atoms with E-state index in [1.54, 1.807) is 4.52 Å². The Bertz CT molecular complexity index is 1480. The van der Waals surface area contributed by atoms with Gasteiger partial charge in [0, 0.05) is 64.5 Å². The lowest BCUT2D eigenvalue weighted by Crippen LogP contribution is -2.39. The number of halogens is 1. The van der Waals surface area contributed by atoms with Crippen molar-refractivity contribution >= 4 is 27.3 Å². The molecule has 2 aromatic heterocycles. The van der Waals surface area contributed by atoms with E-state index in [1.165, 1.54) is 29.6 Å². The minimum atomic E-state index is -3.80. The second-order valence-electron chi connectivity index (χ2n) is 10.6. The van der Waals surface area contributed by atoms with Crippen LogP contribution in [0.2, 0.25) is 0 Å². The molecule has 3 aromatic rings. The number of hydrogen-bond donors (Lipinski definition) is 1. The molecule has 2 atom stereocenters. The summed E-state index contributed by atoms with van der Waals surface area (Å²) in [7, 11) is -0.380. The quantitative estimate of drug-likeness (QED) is 0.481. The molecule has 1 N–H and O–H groups in total. The standard InChI is InChI=1S/C26H34FN7O4S/c1-30-12-13-31(2)39(36,37)17-38-22-8-7-18(27)14-19(22)26(35)33-11-4-3-6-21(33)20-15-24-28-23(32-9-5-10-32)16-25(30)34(24)29-20/h7-8,14-16,21,26,35H,3-6,9-13,17H2,1-2H3/t21-,26?/m0/s1. The highest BCUT2D eigenvalue weighted by molar-refractivity contribution is 7.88. The number of hydrogen-bond acceptors (Lipinski definition) is 9. The molecule has 210 valence electrons. The van der Waals surface area contributed by atoms with Gasteiger partial charge in [0.25, 0.3) is 0 Å². The number of nitrogens with zero attached hydrogens (tertiary/aromatic N) is 7. The van der Waals surface area contributed by atoms with Crippen molar-refractivity contribution in [1.29, 1.82) is 0 Å². The van der Waals surface area contributed by atoms with Gasteiger partial charge in [0.05, 0.1) is 11.7 Å². The van der Waals surface area contributed by atoms with Gasteiger partial charge in [-0.15, -0.1) is 0 Å². The predicted molar refractivity (Wildman–Crippen MR) is 145 cm³/mol. The lowest BCUT2D eigenvalue weighted by Gasteiger charge is -2.38. The van der Waals surface area contributed by atoms with Gasteiger partial charge in [-0.1, -0.05) is 6.42 Å². The van der Waals surface area contributed by atoms with Crippen LogP contribution in [0, 0.1) is 5.82 Å². The molecule has 0 aliphatic carbocycles. The van der Waals surface area contributed by atoms with Crippen molar-refractivity contribution in [2.45, 2.75) is 38.0 Å². The topological polar surface area (TPSA) is 107 Å². The third-order valence-corrected chi connectivity index (χ3v) is 9.57. The van der Waals surface area contributed by atoms with Crippen molar-refractivity contribution in [3.8, 4) is 5.75 Å². The molecule has 1 unspecified atom stereocenters. The Kier molecular flexibility index (Phi) is 6.86. The summed E-state index contributed by atoms with van der Waals surface area (Å²) in [4.78, 5) is 11.0.